The molecule has 0 saturated carbocycles. The average Bonchev–Trinajstić information content (AvgIpc) is 2.99. The van der Waals surface area contributed by atoms with Gasteiger partial charge in [0.1, 0.15) is 5.76 Å². The van der Waals surface area contributed by atoms with Crippen molar-refractivity contribution in [3.8, 4) is 0 Å². The highest BCUT2D eigenvalue weighted by molar-refractivity contribution is 5.91. The van der Waals surface area contributed by atoms with E-state index in [4.69, 9.17) is 4.42 Å². The maximum atomic E-state index is 5.49. The lowest BCUT2D eigenvalue weighted by Gasteiger charge is -2.17. The maximum Gasteiger partial charge on any atom is 0.125 e. The van der Waals surface area contributed by atoms with E-state index >= 15 is 0 Å². The Kier molecular flexibility index (Phi) is 3.19. The van der Waals surface area contributed by atoms with Crippen LogP contribution < -0.4 is 5.32 Å². The van der Waals surface area contributed by atoms with E-state index < -0.39 is 0 Å². The molecule has 0 radical (unpaired) electrons. The molecular formula is C16H16N2O. The van der Waals surface area contributed by atoms with Crippen molar-refractivity contribution in [3.63, 3.8) is 0 Å². The monoisotopic (exact) mass is 252 g/mol. The molecule has 0 spiro atoms. The molecule has 2 aromatic heterocycles. The van der Waals surface area contributed by atoms with Gasteiger partial charge in [-0.25, -0.2) is 0 Å². The van der Waals surface area contributed by atoms with E-state index in [1.54, 1.807) is 6.26 Å². The van der Waals surface area contributed by atoms with Gasteiger partial charge in [0, 0.05) is 17.3 Å². The van der Waals surface area contributed by atoms with E-state index in [-0.39, 0.29) is 6.04 Å². The van der Waals surface area contributed by atoms with Crippen LogP contribution in [0.5, 0.6) is 0 Å². The molecule has 1 unspecified atom stereocenters. The fourth-order valence-electron chi connectivity index (χ4n) is 2.28. The van der Waals surface area contributed by atoms with Crippen molar-refractivity contribution >= 4 is 16.6 Å². The fraction of sp³-hybridized carbons (Fsp3) is 0.188. The van der Waals surface area contributed by atoms with Crippen LogP contribution in [0, 0.1) is 0 Å². The maximum absolute atomic E-state index is 5.49. The Hall–Kier alpha value is -2.29. The summed E-state index contributed by atoms with van der Waals surface area (Å²) in [6.07, 6.45) is 4.49. The minimum atomic E-state index is 0.181. The molecule has 3 nitrogen and oxygen atoms in total. The molecule has 2 heterocycles. The van der Waals surface area contributed by atoms with Gasteiger partial charge in [0.2, 0.25) is 0 Å². The topological polar surface area (TPSA) is 38.1 Å². The lowest BCUT2D eigenvalue weighted by Crippen LogP contribution is -2.09. The van der Waals surface area contributed by atoms with Gasteiger partial charge in [-0.1, -0.05) is 13.0 Å². The molecule has 0 fully saturated rings. The summed E-state index contributed by atoms with van der Waals surface area (Å²) in [6, 6.07) is 14.3. The number of rotatable bonds is 4. The molecule has 3 rings (SSSR count). The molecule has 0 amide bonds. The van der Waals surface area contributed by atoms with Crippen LogP contribution in [-0.2, 0) is 0 Å². The predicted octanol–water partition coefficient (Wildman–Crippen LogP) is 4.39. The Balaban J connectivity index is 1.96. The summed E-state index contributed by atoms with van der Waals surface area (Å²) in [7, 11) is 0. The van der Waals surface area contributed by atoms with Crippen molar-refractivity contribution in [3.05, 3.63) is 60.7 Å². The van der Waals surface area contributed by atoms with Crippen molar-refractivity contribution in [1.82, 2.24) is 4.98 Å². The average molecular weight is 252 g/mol. The summed E-state index contributed by atoms with van der Waals surface area (Å²) in [5.74, 6) is 0.961. The lowest BCUT2D eigenvalue weighted by molar-refractivity contribution is 0.474. The van der Waals surface area contributed by atoms with Gasteiger partial charge in [0.15, 0.2) is 0 Å². The third-order valence-corrected chi connectivity index (χ3v) is 3.27. The Bertz CT molecular complexity index is 656. The smallest absolute Gasteiger partial charge is 0.125 e. The minimum Gasteiger partial charge on any atom is -0.467 e. The third kappa shape index (κ3) is 2.32. The van der Waals surface area contributed by atoms with E-state index in [1.165, 1.54) is 0 Å². The van der Waals surface area contributed by atoms with Crippen LogP contribution >= 0.6 is 0 Å². The number of aromatic nitrogens is 1. The van der Waals surface area contributed by atoms with Gasteiger partial charge in [0.25, 0.3) is 0 Å². The molecule has 0 aliphatic rings. The quantitative estimate of drug-likeness (QED) is 0.748. The van der Waals surface area contributed by atoms with Gasteiger partial charge < -0.3 is 9.73 Å². The van der Waals surface area contributed by atoms with Crippen molar-refractivity contribution in [1.29, 1.82) is 0 Å². The molecule has 19 heavy (non-hydrogen) atoms. The zero-order valence-corrected chi connectivity index (χ0v) is 10.8. The highest BCUT2D eigenvalue weighted by atomic mass is 16.3. The molecule has 1 aromatic carbocycles. The standard InChI is InChI=1S/C16H16N2O/c1-2-13(16-9-5-11-19-16)18-15-8-3-7-14-12(15)6-4-10-17-14/h3-11,13,18H,2H2,1H3. The van der Waals surface area contributed by atoms with Crippen LogP contribution in [-0.4, -0.2) is 4.98 Å². The van der Waals surface area contributed by atoms with Crippen LogP contribution in [0.3, 0.4) is 0 Å². The number of nitrogens with one attached hydrogen (secondary N) is 1. The third-order valence-electron chi connectivity index (χ3n) is 3.27. The zero-order chi connectivity index (χ0) is 13.1. The van der Waals surface area contributed by atoms with Crippen molar-refractivity contribution in [2.75, 3.05) is 5.32 Å². The summed E-state index contributed by atoms with van der Waals surface area (Å²) < 4.78 is 5.49. The summed E-state index contributed by atoms with van der Waals surface area (Å²) in [4.78, 5) is 4.37. The highest BCUT2D eigenvalue weighted by Gasteiger charge is 2.13. The largest absolute Gasteiger partial charge is 0.467 e. The SMILES string of the molecule is CCC(Nc1cccc2ncccc12)c1ccco1. The first-order chi connectivity index (χ1) is 9.38. The van der Waals surface area contributed by atoms with Gasteiger partial charge >= 0.3 is 0 Å². The number of pyridine rings is 1. The second-order valence-corrected chi connectivity index (χ2v) is 4.50. The molecule has 96 valence electrons. The van der Waals surface area contributed by atoms with E-state index in [2.05, 4.69) is 29.4 Å². The Morgan fingerprint density at radius 2 is 2.11 bits per heavy atom. The Morgan fingerprint density at radius 3 is 2.89 bits per heavy atom. The van der Waals surface area contributed by atoms with E-state index in [0.29, 0.717) is 0 Å². The van der Waals surface area contributed by atoms with Crippen LogP contribution in [0.2, 0.25) is 0 Å². The Labute approximate surface area is 112 Å². The number of anilines is 1. The number of furan rings is 1. The lowest BCUT2D eigenvalue weighted by atomic mass is 10.1. The van der Waals surface area contributed by atoms with E-state index in [1.807, 2.05) is 36.5 Å². The molecule has 0 bridgehead atoms. The van der Waals surface area contributed by atoms with Crippen molar-refractivity contribution in [2.24, 2.45) is 0 Å². The van der Waals surface area contributed by atoms with E-state index in [9.17, 15) is 0 Å². The molecule has 0 saturated heterocycles. The van der Waals surface area contributed by atoms with Crippen LogP contribution in [0.4, 0.5) is 5.69 Å². The molecule has 3 aromatic rings. The first kappa shape index (κ1) is 11.8. The normalized spacial score (nSPS) is 12.5. The molecule has 3 heteroatoms. The van der Waals surface area contributed by atoms with Gasteiger partial charge in [0.05, 0.1) is 17.8 Å². The number of hydrogen-bond acceptors (Lipinski definition) is 3. The molecule has 1 N–H and O–H groups in total. The second-order valence-electron chi connectivity index (χ2n) is 4.50. The summed E-state index contributed by atoms with van der Waals surface area (Å²) in [5, 5.41) is 4.67. The summed E-state index contributed by atoms with van der Waals surface area (Å²) >= 11 is 0. The van der Waals surface area contributed by atoms with Gasteiger partial charge in [-0.3, -0.25) is 4.98 Å². The number of fused-ring (bicyclic) bond motifs is 1. The Morgan fingerprint density at radius 1 is 1.16 bits per heavy atom. The van der Waals surface area contributed by atoms with Crippen molar-refractivity contribution in [2.45, 2.75) is 19.4 Å². The van der Waals surface area contributed by atoms with Crippen molar-refractivity contribution < 1.29 is 4.42 Å². The zero-order valence-electron chi connectivity index (χ0n) is 10.8. The van der Waals surface area contributed by atoms with Gasteiger partial charge in [-0.05, 0) is 42.8 Å². The molecule has 0 aliphatic carbocycles. The molecular weight excluding hydrogens is 236 g/mol. The molecule has 0 aliphatic heterocycles. The van der Waals surface area contributed by atoms with Crippen LogP contribution in [0.1, 0.15) is 25.1 Å². The van der Waals surface area contributed by atoms with Gasteiger partial charge in [-0.15, -0.1) is 0 Å². The van der Waals surface area contributed by atoms with Crippen LogP contribution in [0.15, 0.2) is 59.3 Å². The first-order valence-corrected chi connectivity index (χ1v) is 6.52. The number of nitrogens with zero attached hydrogens (tertiary/aromatic N) is 1. The van der Waals surface area contributed by atoms with E-state index in [0.717, 1.165) is 28.8 Å². The number of benzene rings is 1. The summed E-state index contributed by atoms with van der Waals surface area (Å²) in [6.45, 7) is 2.14. The highest BCUT2D eigenvalue weighted by Crippen LogP contribution is 2.27. The minimum absolute atomic E-state index is 0.181. The van der Waals surface area contributed by atoms with Crippen LogP contribution in [0.25, 0.3) is 10.9 Å². The predicted molar refractivity (Wildman–Crippen MR) is 77.1 cm³/mol. The summed E-state index contributed by atoms with van der Waals surface area (Å²) in [5.41, 5.74) is 2.09. The molecule has 1 atom stereocenters. The van der Waals surface area contributed by atoms with Gasteiger partial charge in [-0.2, -0.15) is 0 Å². The second kappa shape index (κ2) is 5.14. The fourth-order valence-corrected chi connectivity index (χ4v) is 2.28. The number of hydrogen-bond donors (Lipinski definition) is 1. The first-order valence-electron chi connectivity index (χ1n) is 6.52.